The standard InChI is InChI=1S/C46H47FN8O4S/c1-5-60(48,58)38-11-9-36(10-12-38)52-19-20-53(46(52)57)44-42-31(4)51(18-14-39(42)50-55(44)37-23-29(2)43(47)30(3)24-37)45(56)41-26-35-25-34(33-15-21-59-22-16-33)8-13-40(35)54(41)28-32-7-6-17-49-27-32/h6-13,17,19-20,23-27,31,33,48H,5,14-16,18,21-22,28H2,1-4H3/t31-,60-/m0/s1. The van der Waals surface area contributed by atoms with E-state index in [1.165, 1.54) is 14.7 Å². The van der Waals surface area contributed by atoms with Crippen molar-refractivity contribution in [2.75, 3.05) is 25.5 Å². The molecule has 1 N–H and O–H groups in total. The van der Waals surface area contributed by atoms with E-state index in [0.29, 0.717) is 64.3 Å². The summed E-state index contributed by atoms with van der Waals surface area (Å²) in [6.07, 6.45) is 9.24. The Hall–Kier alpha value is -6.12. The van der Waals surface area contributed by atoms with Gasteiger partial charge in [0.1, 0.15) is 17.3 Å². The Balaban J connectivity index is 1.15. The topological polar surface area (TPSA) is 133 Å². The lowest BCUT2D eigenvalue weighted by molar-refractivity contribution is 0.0667. The van der Waals surface area contributed by atoms with Crippen LogP contribution in [-0.2, 0) is 27.4 Å². The van der Waals surface area contributed by atoms with Gasteiger partial charge in [-0.3, -0.25) is 18.9 Å². The molecule has 12 nitrogen and oxygen atoms in total. The predicted octanol–water partition coefficient (Wildman–Crippen LogP) is 8.05. The molecule has 1 fully saturated rings. The van der Waals surface area contributed by atoms with E-state index >= 15 is 9.18 Å². The van der Waals surface area contributed by atoms with Crippen LogP contribution < -0.4 is 5.69 Å². The minimum atomic E-state index is -2.94. The minimum absolute atomic E-state index is 0.143. The highest BCUT2D eigenvalue weighted by Crippen LogP contribution is 2.38. The molecule has 7 aromatic rings. The van der Waals surface area contributed by atoms with Crippen molar-refractivity contribution >= 4 is 26.5 Å². The molecular formula is C46H47FN8O4S. The van der Waals surface area contributed by atoms with Gasteiger partial charge in [0.15, 0.2) is 0 Å². The first-order valence-corrected chi connectivity index (χ1v) is 22.1. The summed E-state index contributed by atoms with van der Waals surface area (Å²) in [5.41, 5.74) is 6.81. The molecule has 9 rings (SSSR count). The number of aryl methyl sites for hydroxylation is 2. The van der Waals surface area contributed by atoms with E-state index in [-0.39, 0.29) is 17.5 Å². The first-order chi connectivity index (χ1) is 28.9. The van der Waals surface area contributed by atoms with Gasteiger partial charge in [-0.05, 0) is 122 Å². The second-order valence-corrected chi connectivity index (χ2v) is 18.3. The molecule has 2 atom stereocenters. The van der Waals surface area contributed by atoms with Gasteiger partial charge in [0.2, 0.25) is 0 Å². The minimum Gasteiger partial charge on any atom is -0.381 e. The summed E-state index contributed by atoms with van der Waals surface area (Å²) < 4.78 is 48.4. The van der Waals surface area contributed by atoms with Crippen molar-refractivity contribution in [2.24, 2.45) is 0 Å². The number of hydrogen-bond acceptors (Lipinski definition) is 7. The molecule has 4 aromatic heterocycles. The number of carbonyl (C=O) groups is 1. The van der Waals surface area contributed by atoms with Crippen molar-refractivity contribution in [3.63, 3.8) is 0 Å². The van der Waals surface area contributed by atoms with Crippen molar-refractivity contribution in [2.45, 2.75) is 70.4 Å². The average Bonchev–Trinajstić information content (AvgIpc) is 3.96. The maximum atomic E-state index is 15.1. The maximum absolute atomic E-state index is 15.1. The molecule has 2 aliphatic heterocycles. The van der Waals surface area contributed by atoms with Gasteiger partial charge in [-0.15, -0.1) is 0 Å². The molecule has 6 heterocycles. The van der Waals surface area contributed by atoms with Crippen LogP contribution >= 0.6 is 0 Å². The second-order valence-electron chi connectivity index (χ2n) is 15.9. The Kier molecular flexibility index (Phi) is 10.2. The molecule has 0 bridgehead atoms. The maximum Gasteiger partial charge on any atom is 0.338 e. The highest BCUT2D eigenvalue weighted by molar-refractivity contribution is 7.92. The number of ether oxygens (including phenoxy) is 1. The Labute approximate surface area is 347 Å². The molecule has 0 saturated carbocycles. The van der Waals surface area contributed by atoms with Gasteiger partial charge in [-0.25, -0.2) is 22.9 Å². The van der Waals surface area contributed by atoms with E-state index in [9.17, 15) is 9.00 Å². The third kappa shape index (κ3) is 6.86. The first kappa shape index (κ1) is 39.3. The zero-order valence-corrected chi connectivity index (χ0v) is 34.9. The molecular weight excluding hydrogens is 780 g/mol. The van der Waals surface area contributed by atoms with E-state index in [2.05, 4.69) is 27.8 Å². The van der Waals surface area contributed by atoms with Gasteiger partial charge in [0, 0.05) is 84.6 Å². The number of fused-ring (bicyclic) bond motifs is 2. The van der Waals surface area contributed by atoms with Crippen molar-refractivity contribution in [1.29, 1.82) is 4.78 Å². The molecule has 0 spiro atoms. The molecule has 2 aliphatic rings. The van der Waals surface area contributed by atoms with Crippen LogP contribution in [0.25, 0.3) is 28.1 Å². The van der Waals surface area contributed by atoms with Crippen LogP contribution in [0.3, 0.4) is 0 Å². The lowest BCUT2D eigenvalue weighted by atomic mass is 9.91. The van der Waals surface area contributed by atoms with Gasteiger partial charge in [-0.1, -0.05) is 19.1 Å². The van der Waals surface area contributed by atoms with E-state index in [4.69, 9.17) is 14.6 Å². The molecule has 14 heteroatoms. The number of rotatable bonds is 9. The fraction of sp³-hybridized carbons (Fsp3) is 0.304. The number of nitrogens with one attached hydrogen (secondary N) is 1. The zero-order chi connectivity index (χ0) is 41.9. The van der Waals surface area contributed by atoms with Crippen LogP contribution in [0.5, 0.6) is 0 Å². The molecule has 60 heavy (non-hydrogen) atoms. The highest BCUT2D eigenvalue weighted by atomic mass is 32.2. The highest BCUT2D eigenvalue weighted by Gasteiger charge is 2.37. The molecule has 0 unspecified atom stereocenters. The predicted molar refractivity (Wildman–Crippen MR) is 229 cm³/mol. The number of aromatic nitrogens is 6. The number of halogens is 1. The summed E-state index contributed by atoms with van der Waals surface area (Å²) >= 11 is 0. The van der Waals surface area contributed by atoms with Crippen LogP contribution in [0.1, 0.15) is 82.6 Å². The third-order valence-electron chi connectivity index (χ3n) is 12.2. The van der Waals surface area contributed by atoms with E-state index < -0.39 is 21.5 Å². The molecule has 1 amide bonds. The Morgan fingerprint density at radius 1 is 0.967 bits per heavy atom. The smallest absolute Gasteiger partial charge is 0.338 e. The summed E-state index contributed by atoms with van der Waals surface area (Å²) in [5, 5.41) is 6.07. The van der Waals surface area contributed by atoms with Crippen LogP contribution in [0.4, 0.5) is 4.39 Å². The van der Waals surface area contributed by atoms with Gasteiger partial charge in [0.25, 0.3) is 5.91 Å². The summed E-state index contributed by atoms with van der Waals surface area (Å²) in [4.78, 5) is 36.2. The van der Waals surface area contributed by atoms with Gasteiger partial charge < -0.3 is 14.2 Å². The zero-order valence-electron chi connectivity index (χ0n) is 34.1. The van der Waals surface area contributed by atoms with E-state index in [1.54, 1.807) is 80.4 Å². The van der Waals surface area contributed by atoms with Crippen molar-refractivity contribution in [3.8, 4) is 17.2 Å². The number of carbonyl (C=O) groups excluding carboxylic acids is 1. The van der Waals surface area contributed by atoms with Gasteiger partial charge >= 0.3 is 5.69 Å². The molecule has 0 radical (unpaired) electrons. The Morgan fingerprint density at radius 2 is 1.70 bits per heavy atom. The average molecular weight is 827 g/mol. The summed E-state index contributed by atoms with van der Waals surface area (Å²) in [5.74, 6) is 0.583. The van der Waals surface area contributed by atoms with Crippen molar-refractivity contribution in [3.05, 3.63) is 153 Å². The number of benzene rings is 3. The summed E-state index contributed by atoms with van der Waals surface area (Å²) in [7, 11) is -2.94. The molecule has 1 saturated heterocycles. The van der Waals surface area contributed by atoms with Crippen LogP contribution in [0, 0.1) is 24.4 Å². The molecule has 308 valence electrons. The van der Waals surface area contributed by atoms with Crippen LogP contribution in [0.2, 0.25) is 0 Å². The van der Waals surface area contributed by atoms with E-state index in [1.807, 2.05) is 36.2 Å². The van der Waals surface area contributed by atoms with Gasteiger partial charge in [-0.2, -0.15) is 5.10 Å². The number of nitrogens with zero attached hydrogens (tertiary/aromatic N) is 7. The largest absolute Gasteiger partial charge is 0.381 e. The van der Waals surface area contributed by atoms with Crippen LogP contribution in [0.15, 0.2) is 107 Å². The third-order valence-corrected chi connectivity index (χ3v) is 14.0. The Morgan fingerprint density at radius 3 is 2.40 bits per heavy atom. The lowest BCUT2D eigenvalue weighted by Crippen LogP contribution is -2.40. The van der Waals surface area contributed by atoms with Crippen molar-refractivity contribution < 1.29 is 18.1 Å². The lowest BCUT2D eigenvalue weighted by Gasteiger charge is -2.34. The van der Waals surface area contributed by atoms with Crippen LogP contribution in [-0.4, -0.2) is 69.0 Å². The molecule has 0 aliphatic carbocycles. The fourth-order valence-corrected chi connectivity index (χ4v) is 9.77. The quantitative estimate of drug-likeness (QED) is 0.157. The second kappa shape index (κ2) is 15.5. The SMILES string of the molecule is CC[S@](=N)(=O)c1ccc(-n2ccn(-c3c4c(nn3-c3cc(C)c(F)c(C)c3)CCN(C(=O)c3cc5cc(C6CCOCC6)ccc5n3Cc3cccnc3)[C@H]4C)c2=O)cc1. The molecule has 3 aromatic carbocycles. The van der Waals surface area contributed by atoms with Gasteiger partial charge in [0.05, 0.1) is 32.8 Å². The van der Waals surface area contributed by atoms with E-state index in [0.717, 1.165) is 53.8 Å². The number of pyridine rings is 1. The number of amides is 1. The summed E-state index contributed by atoms with van der Waals surface area (Å²) in [6, 6.07) is 22.0. The monoisotopic (exact) mass is 826 g/mol. The number of hydrogen-bond donors (Lipinski definition) is 1. The Bertz CT molecular complexity index is 2920. The first-order valence-electron chi connectivity index (χ1n) is 20.4. The number of imidazole rings is 1. The van der Waals surface area contributed by atoms with Crippen molar-refractivity contribution in [1.82, 2.24) is 33.4 Å². The summed E-state index contributed by atoms with van der Waals surface area (Å²) in [6.45, 7) is 9.41. The normalized spacial score (nSPS) is 16.9. The fourth-order valence-electron chi connectivity index (χ4n) is 8.86.